The standard InChI is InChI=1S/C34H29N3O3/c1-3-22(2)23-15-17-27(18-16-23)37-33(39)30(32(38)35-34(37)40)19-26-21-36(31-14-7-6-13-29(26)31)20-25-11-8-10-24-9-4-5-12-28(24)25/h4-19,21-22H,3,20H2,1-2H3,(H,35,38,40). The molecule has 1 N–H and O–H groups in total. The quantitative estimate of drug-likeness (QED) is 0.190. The molecule has 1 unspecified atom stereocenters. The van der Waals surface area contributed by atoms with Gasteiger partial charge in [0.2, 0.25) is 0 Å². The van der Waals surface area contributed by atoms with E-state index in [4.69, 9.17) is 0 Å². The Kier molecular flexibility index (Phi) is 6.52. The summed E-state index contributed by atoms with van der Waals surface area (Å²) in [6.07, 6.45) is 4.53. The first-order valence-corrected chi connectivity index (χ1v) is 13.5. The summed E-state index contributed by atoms with van der Waals surface area (Å²) < 4.78 is 2.13. The molecule has 0 bridgehead atoms. The predicted molar refractivity (Wildman–Crippen MR) is 159 cm³/mol. The Morgan fingerprint density at radius 3 is 2.30 bits per heavy atom. The fourth-order valence-corrected chi connectivity index (χ4v) is 5.37. The van der Waals surface area contributed by atoms with Crippen molar-refractivity contribution in [3.05, 3.63) is 119 Å². The third-order valence-electron chi connectivity index (χ3n) is 7.77. The second kappa shape index (κ2) is 10.3. The summed E-state index contributed by atoms with van der Waals surface area (Å²) in [7, 11) is 0. The van der Waals surface area contributed by atoms with E-state index in [2.05, 4.69) is 54.1 Å². The number of imide groups is 2. The van der Waals surface area contributed by atoms with Crippen LogP contribution in [0.1, 0.15) is 42.9 Å². The van der Waals surface area contributed by atoms with E-state index in [1.54, 1.807) is 18.2 Å². The number of carbonyl (C=O) groups is 3. The Bertz CT molecular complexity index is 1810. The lowest BCUT2D eigenvalue weighted by molar-refractivity contribution is -0.122. The van der Waals surface area contributed by atoms with Gasteiger partial charge in [-0.25, -0.2) is 9.69 Å². The van der Waals surface area contributed by atoms with Gasteiger partial charge in [0.25, 0.3) is 11.8 Å². The Labute approximate surface area is 232 Å². The Morgan fingerprint density at radius 2 is 1.52 bits per heavy atom. The average molecular weight is 528 g/mol. The number of amides is 4. The maximum Gasteiger partial charge on any atom is 0.335 e. The molecule has 0 spiro atoms. The van der Waals surface area contributed by atoms with E-state index >= 15 is 0 Å². The Morgan fingerprint density at radius 1 is 0.825 bits per heavy atom. The SMILES string of the molecule is CCC(C)c1ccc(N2C(=O)NC(=O)C(=Cc3cn(Cc4cccc5ccccc45)c4ccccc34)C2=O)cc1. The molecular formula is C34H29N3O3. The molecule has 5 aromatic rings. The monoisotopic (exact) mass is 527 g/mol. The summed E-state index contributed by atoms with van der Waals surface area (Å²) in [5.74, 6) is -0.979. The molecule has 6 heteroatoms. The minimum atomic E-state index is -0.748. The van der Waals surface area contributed by atoms with Crippen LogP contribution in [0.5, 0.6) is 0 Å². The highest BCUT2D eigenvalue weighted by atomic mass is 16.2. The second-order valence-electron chi connectivity index (χ2n) is 10.2. The average Bonchev–Trinajstić information content (AvgIpc) is 3.32. The number of nitrogens with one attached hydrogen (secondary N) is 1. The summed E-state index contributed by atoms with van der Waals surface area (Å²) in [5, 5.41) is 5.61. The van der Waals surface area contributed by atoms with Crippen LogP contribution < -0.4 is 10.2 Å². The highest BCUT2D eigenvalue weighted by molar-refractivity contribution is 6.39. The molecule has 1 aliphatic heterocycles. The highest BCUT2D eigenvalue weighted by Gasteiger charge is 2.37. The van der Waals surface area contributed by atoms with E-state index in [-0.39, 0.29) is 5.57 Å². The summed E-state index contributed by atoms with van der Waals surface area (Å²) in [5.41, 5.74) is 4.35. The number of carbonyl (C=O) groups excluding carboxylic acids is 3. The molecule has 1 aromatic heterocycles. The van der Waals surface area contributed by atoms with Gasteiger partial charge in [-0.1, -0.05) is 86.6 Å². The van der Waals surface area contributed by atoms with E-state index < -0.39 is 17.8 Å². The Balaban J connectivity index is 1.38. The van der Waals surface area contributed by atoms with Crippen LogP contribution in [0.25, 0.3) is 27.8 Å². The maximum absolute atomic E-state index is 13.6. The van der Waals surface area contributed by atoms with Crippen molar-refractivity contribution in [1.82, 2.24) is 9.88 Å². The van der Waals surface area contributed by atoms with Gasteiger partial charge in [-0.3, -0.25) is 14.9 Å². The third kappa shape index (κ3) is 4.47. The van der Waals surface area contributed by atoms with Crippen molar-refractivity contribution in [1.29, 1.82) is 0 Å². The summed E-state index contributed by atoms with van der Waals surface area (Å²) >= 11 is 0. The van der Waals surface area contributed by atoms with Gasteiger partial charge in [-0.15, -0.1) is 0 Å². The van der Waals surface area contributed by atoms with E-state index in [9.17, 15) is 14.4 Å². The van der Waals surface area contributed by atoms with Gasteiger partial charge in [0, 0.05) is 29.2 Å². The number of barbiturate groups is 1. The molecule has 1 aliphatic rings. The number of nitrogens with zero attached hydrogens (tertiary/aromatic N) is 2. The molecule has 1 atom stereocenters. The van der Waals surface area contributed by atoms with Crippen molar-refractivity contribution in [3.8, 4) is 0 Å². The predicted octanol–water partition coefficient (Wildman–Crippen LogP) is 7.02. The maximum atomic E-state index is 13.6. The van der Waals surface area contributed by atoms with Crippen LogP contribution in [0.4, 0.5) is 10.5 Å². The molecule has 2 heterocycles. The summed E-state index contributed by atoms with van der Waals surface area (Å²) in [6.45, 7) is 4.87. The molecule has 0 saturated carbocycles. The van der Waals surface area contributed by atoms with Gasteiger partial charge >= 0.3 is 6.03 Å². The van der Waals surface area contributed by atoms with Gasteiger partial charge in [0.05, 0.1) is 5.69 Å². The van der Waals surface area contributed by atoms with Crippen molar-refractivity contribution >= 4 is 51.3 Å². The number of benzene rings is 4. The topological polar surface area (TPSA) is 71.4 Å². The molecule has 0 radical (unpaired) electrons. The van der Waals surface area contributed by atoms with Crippen LogP contribution >= 0.6 is 0 Å². The minimum Gasteiger partial charge on any atom is -0.342 e. The molecule has 4 amide bonds. The van der Waals surface area contributed by atoms with Gasteiger partial charge in [0.15, 0.2) is 0 Å². The smallest absolute Gasteiger partial charge is 0.335 e. The lowest BCUT2D eigenvalue weighted by Crippen LogP contribution is -2.54. The largest absolute Gasteiger partial charge is 0.342 e. The number of rotatable bonds is 6. The number of fused-ring (bicyclic) bond motifs is 2. The first kappa shape index (κ1) is 25.3. The van der Waals surface area contributed by atoms with E-state index in [0.29, 0.717) is 18.2 Å². The fraction of sp³-hybridized carbons (Fsp3) is 0.147. The van der Waals surface area contributed by atoms with E-state index in [1.807, 2.05) is 54.7 Å². The summed E-state index contributed by atoms with van der Waals surface area (Å²) in [6, 6.07) is 29.1. The molecule has 4 aromatic carbocycles. The van der Waals surface area contributed by atoms with Crippen LogP contribution in [0.3, 0.4) is 0 Å². The molecule has 6 nitrogen and oxygen atoms in total. The molecule has 1 saturated heterocycles. The zero-order valence-corrected chi connectivity index (χ0v) is 22.4. The van der Waals surface area contributed by atoms with Gasteiger partial charge in [-0.2, -0.15) is 0 Å². The van der Waals surface area contributed by atoms with Crippen molar-refractivity contribution in [2.24, 2.45) is 0 Å². The lowest BCUT2D eigenvalue weighted by atomic mass is 9.98. The van der Waals surface area contributed by atoms with Crippen molar-refractivity contribution in [3.63, 3.8) is 0 Å². The van der Waals surface area contributed by atoms with Crippen LogP contribution in [0, 0.1) is 0 Å². The molecule has 198 valence electrons. The number of hydrogen-bond acceptors (Lipinski definition) is 3. The first-order chi connectivity index (χ1) is 19.4. The van der Waals surface area contributed by atoms with Crippen molar-refractivity contribution < 1.29 is 14.4 Å². The molecule has 0 aliphatic carbocycles. The summed E-state index contributed by atoms with van der Waals surface area (Å²) in [4.78, 5) is 40.3. The van der Waals surface area contributed by atoms with Crippen LogP contribution in [0.2, 0.25) is 0 Å². The van der Waals surface area contributed by atoms with Gasteiger partial charge in [0.1, 0.15) is 5.57 Å². The number of hydrogen-bond donors (Lipinski definition) is 1. The van der Waals surface area contributed by atoms with Crippen molar-refractivity contribution in [2.45, 2.75) is 32.7 Å². The lowest BCUT2D eigenvalue weighted by Gasteiger charge is -2.26. The molecular weight excluding hydrogens is 498 g/mol. The number of anilines is 1. The fourth-order valence-electron chi connectivity index (χ4n) is 5.37. The van der Waals surface area contributed by atoms with E-state index in [1.165, 1.54) is 16.3 Å². The molecule has 6 rings (SSSR count). The van der Waals surface area contributed by atoms with Gasteiger partial charge < -0.3 is 4.57 Å². The van der Waals surface area contributed by atoms with Crippen molar-refractivity contribution in [2.75, 3.05) is 4.90 Å². The van der Waals surface area contributed by atoms with Crippen LogP contribution in [-0.2, 0) is 16.1 Å². The third-order valence-corrected chi connectivity index (χ3v) is 7.77. The van der Waals surface area contributed by atoms with E-state index in [0.717, 1.165) is 33.4 Å². The zero-order valence-electron chi connectivity index (χ0n) is 22.4. The second-order valence-corrected chi connectivity index (χ2v) is 10.2. The van der Waals surface area contributed by atoms with Crippen LogP contribution in [-0.4, -0.2) is 22.4 Å². The number of urea groups is 1. The highest BCUT2D eigenvalue weighted by Crippen LogP contribution is 2.29. The number of para-hydroxylation sites is 1. The molecule has 40 heavy (non-hydrogen) atoms. The minimum absolute atomic E-state index is 0.0846. The normalized spacial score (nSPS) is 15.7. The van der Waals surface area contributed by atoms with Gasteiger partial charge in [-0.05, 0) is 58.5 Å². The number of aromatic nitrogens is 1. The molecule has 1 fully saturated rings. The van der Waals surface area contributed by atoms with Crippen LogP contribution in [0.15, 0.2) is 103 Å². The first-order valence-electron chi connectivity index (χ1n) is 13.5. The zero-order chi connectivity index (χ0) is 27.8. The Hall–Kier alpha value is -4.97.